The highest BCUT2D eigenvalue weighted by molar-refractivity contribution is 8.13. The number of aliphatic hydroxyl groups excluding tert-OH is 10. The summed E-state index contributed by atoms with van der Waals surface area (Å²) < 4.78 is 16.3. The zero-order valence-corrected chi connectivity index (χ0v) is 28.4. The second-order valence-electron chi connectivity index (χ2n) is 11.2. The molecule has 0 aliphatic carbocycles. The summed E-state index contributed by atoms with van der Waals surface area (Å²) in [6.45, 7) is -2.90. The molecule has 3 aromatic rings. The number of carbonyl (C=O) groups is 2. The normalized spacial score (nSPS) is 16.7. The summed E-state index contributed by atoms with van der Waals surface area (Å²) in [5.41, 5.74) is 1.42. The molecular weight excluding hydrogens is 702 g/mol. The van der Waals surface area contributed by atoms with Crippen LogP contribution in [0.3, 0.4) is 0 Å². The zero-order chi connectivity index (χ0) is 36.8. The SMILES string of the molecule is O=C(SCc1ccc(OCCN(C[C@@H](O)[C@@H](O)[C@H](O)[C@H](O)CO)C[C@@H](O)[C@@H](O)[C@H](O)[C@H](O)CO)cc1CSC(=O)c1ccco1)c1ccco1. The molecule has 2 heterocycles. The maximum Gasteiger partial charge on any atom is 0.254 e. The number of rotatable bonds is 22. The van der Waals surface area contributed by atoms with Crippen LogP contribution in [0.15, 0.2) is 63.8 Å². The van der Waals surface area contributed by atoms with Crippen LogP contribution in [0.1, 0.15) is 32.2 Å². The van der Waals surface area contributed by atoms with E-state index in [0.717, 1.165) is 29.1 Å². The van der Waals surface area contributed by atoms with E-state index in [9.17, 15) is 50.4 Å². The average molecular weight is 746 g/mol. The molecule has 0 spiro atoms. The molecule has 0 unspecified atom stereocenters. The van der Waals surface area contributed by atoms with Crippen LogP contribution in [0.2, 0.25) is 0 Å². The predicted molar refractivity (Wildman–Crippen MR) is 179 cm³/mol. The van der Waals surface area contributed by atoms with Crippen LogP contribution in [0.25, 0.3) is 0 Å². The van der Waals surface area contributed by atoms with Crippen molar-refractivity contribution in [2.45, 2.75) is 60.3 Å². The summed E-state index contributed by atoms with van der Waals surface area (Å²) >= 11 is 1.99. The Labute approximate surface area is 295 Å². The molecule has 0 saturated heterocycles. The molecule has 0 fully saturated rings. The van der Waals surface area contributed by atoms with E-state index in [2.05, 4.69) is 0 Å². The lowest BCUT2D eigenvalue weighted by atomic mass is 10.0. The third-order valence-corrected chi connectivity index (χ3v) is 9.40. The fourth-order valence-corrected chi connectivity index (χ4v) is 6.25. The first kappa shape index (κ1) is 41.6. The van der Waals surface area contributed by atoms with Crippen LogP contribution < -0.4 is 4.74 Å². The molecule has 50 heavy (non-hydrogen) atoms. The van der Waals surface area contributed by atoms with E-state index < -0.39 is 75.1 Å². The van der Waals surface area contributed by atoms with Crippen molar-refractivity contribution in [3.8, 4) is 5.75 Å². The number of hydrogen-bond acceptors (Lipinski definition) is 18. The van der Waals surface area contributed by atoms with Crippen molar-refractivity contribution < 1.29 is 74.2 Å². The summed E-state index contributed by atoms with van der Waals surface area (Å²) in [5.74, 6) is 1.17. The van der Waals surface area contributed by atoms with Gasteiger partial charge in [0.25, 0.3) is 10.2 Å². The molecule has 3 rings (SSSR count). The van der Waals surface area contributed by atoms with Gasteiger partial charge in [-0.25, -0.2) is 0 Å². The molecule has 0 bridgehead atoms. The van der Waals surface area contributed by atoms with Gasteiger partial charge in [-0.15, -0.1) is 0 Å². The van der Waals surface area contributed by atoms with Crippen molar-refractivity contribution in [3.63, 3.8) is 0 Å². The highest BCUT2D eigenvalue weighted by Gasteiger charge is 2.34. The second-order valence-corrected chi connectivity index (χ2v) is 13.1. The molecule has 0 aliphatic rings. The third-order valence-electron chi connectivity index (χ3n) is 7.56. The van der Waals surface area contributed by atoms with Gasteiger partial charge in [0.2, 0.25) is 0 Å². The van der Waals surface area contributed by atoms with Gasteiger partial charge in [-0.3, -0.25) is 14.5 Å². The first-order valence-electron chi connectivity index (χ1n) is 15.4. The second kappa shape index (κ2) is 20.9. The van der Waals surface area contributed by atoms with E-state index in [1.54, 1.807) is 36.4 Å². The first-order valence-corrected chi connectivity index (χ1v) is 17.4. The van der Waals surface area contributed by atoms with E-state index in [4.69, 9.17) is 23.8 Å². The van der Waals surface area contributed by atoms with Crippen LogP contribution >= 0.6 is 23.5 Å². The van der Waals surface area contributed by atoms with Gasteiger partial charge in [0.1, 0.15) is 49.0 Å². The molecular formula is C32H43NO15S2. The van der Waals surface area contributed by atoms with Gasteiger partial charge in [0.05, 0.1) is 37.9 Å². The topological polar surface area (TPSA) is 275 Å². The van der Waals surface area contributed by atoms with Crippen LogP contribution in [-0.4, -0.2) is 154 Å². The van der Waals surface area contributed by atoms with E-state index in [1.165, 1.54) is 23.5 Å². The van der Waals surface area contributed by atoms with E-state index in [-0.39, 0.29) is 46.4 Å². The number of thioether (sulfide) groups is 2. The predicted octanol–water partition coefficient (Wildman–Crippen LogP) is -1.43. The smallest absolute Gasteiger partial charge is 0.254 e. The Morgan fingerprint density at radius 3 is 1.56 bits per heavy atom. The Kier molecular flexibility index (Phi) is 17.4. The van der Waals surface area contributed by atoms with Gasteiger partial charge in [0, 0.05) is 31.1 Å². The third kappa shape index (κ3) is 12.4. The van der Waals surface area contributed by atoms with E-state index >= 15 is 0 Å². The molecule has 16 nitrogen and oxygen atoms in total. The minimum Gasteiger partial charge on any atom is -0.492 e. The molecule has 1 aromatic carbocycles. The Balaban J connectivity index is 1.73. The lowest BCUT2D eigenvalue weighted by Gasteiger charge is -2.33. The number of aliphatic hydroxyl groups is 10. The van der Waals surface area contributed by atoms with Crippen molar-refractivity contribution in [3.05, 3.63) is 77.6 Å². The zero-order valence-electron chi connectivity index (χ0n) is 26.7. The summed E-state index contributed by atoms with van der Waals surface area (Å²) in [5, 5.41) is 98.7. The first-order chi connectivity index (χ1) is 23.9. The van der Waals surface area contributed by atoms with Crippen molar-refractivity contribution in [2.24, 2.45) is 0 Å². The molecule has 18 heteroatoms. The quantitative estimate of drug-likeness (QED) is 0.0565. The summed E-state index contributed by atoms with van der Waals surface area (Å²) in [6, 6.07) is 11.3. The van der Waals surface area contributed by atoms with Crippen molar-refractivity contribution >= 4 is 33.8 Å². The van der Waals surface area contributed by atoms with Crippen LogP contribution in [0.4, 0.5) is 0 Å². The molecule has 8 atom stereocenters. The van der Waals surface area contributed by atoms with Crippen molar-refractivity contribution in [2.75, 3.05) is 39.5 Å². The highest BCUT2D eigenvalue weighted by Crippen LogP contribution is 2.28. The number of nitrogens with zero attached hydrogens (tertiary/aromatic N) is 1. The Morgan fingerprint density at radius 1 is 0.660 bits per heavy atom. The Hall–Kier alpha value is -2.82. The maximum atomic E-state index is 12.6. The van der Waals surface area contributed by atoms with Crippen LogP contribution in [-0.2, 0) is 11.5 Å². The molecule has 0 saturated carbocycles. The number of ether oxygens (including phenoxy) is 1. The average Bonchev–Trinajstić information content (AvgIpc) is 3.87. The van der Waals surface area contributed by atoms with Crippen LogP contribution in [0, 0.1) is 0 Å². The number of hydrogen-bond donors (Lipinski definition) is 10. The molecule has 0 amide bonds. The largest absolute Gasteiger partial charge is 0.492 e. The Bertz CT molecular complexity index is 1400. The van der Waals surface area contributed by atoms with E-state index in [1.807, 2.05) is 0 Å². The fourth-order valence-electron chi connectivity index (χ4n) is 4.61. The van der Waals surface area contributed by atoms with Gasteiger partial charge in [0.15, 0.2) is 11.5 Å². The lowest BCUT2D eigenvalue weighted by Crippen LogP contribution is -2.53. The van der Waals surface area contributed by atoms with Gasteiger partial charge in [-0.05, 0) is 47.5 Å². The monoisotopic (exact) mass is 745 g/mol. The number of carbonyl (C=O) groups excluding carboxylic acids is 2. The maximum absolute atomic E-state index is 12.6. The van der Waals surface area contributed by atoms with Gasteiger partial charge in [-0.2, -0.15) is 0 Å². The fraction of sp³-hybridized carbons (Fsp3) is 0.500. The summed E-state index contributed by atoms with van der Waals surface area (Å²) in [7, 11) is 0. The highest BCUT2D eigenvalue weighted by atomic mass is 32.2. The van der Waals surface area contributed by atoms with Gasteiger partial charge in [-0.1, -0.05) is 29.6 Å². The summed E-state index contributed by atoms with van der Waals surface area (Å²) in [6.07, 6.45) is -11.9. The molecule has 10 N–H and O–H groups in total. The van der Waals surface area contributed by atoms with E-state index in [0.29, 0.717) is 11.3 Å². The standard InChI is InChI=1S/C32H43NO15S2/c34-14-23(38)29(42)27(40)21(36)12-33(13-22(37)28(41)30(43)24(39)15-35)7-10-46-20-6-5-18(16-49-31(44)25-3-1-8-47-25)19(11-20)17-50-32(45)26-4-2-9-48-26/h1-6,8-9,11,21-24,27-30,34-43H,7,10,12-17H2/t21-,22-,23-,24-,27-,28-,29-,30-/m1/s1. The van der Waals surface area contributed by atoms with Crippen LogP contribution in [0.5, 0.6) is 5.75 Å². The Morgan fingerprint density at radius 2 is 1.12 bits per heavy atom. The summed E-state index contributed by atoms with van der Waals surface area (Å²) in [4.78, 5) is 26.4. The molecule has 0 aliphatic heterocycles. The molecule has 0 radical (unpaired) electrons. The lowest BCUT2D eigenvalue weighted by molar-refractivity contribution is -0.130. The van der Waals surface area contributed by atoms with Gasteiger partial charge >= 0.3 is 0 Å². The van der Waals surface area contributed by atoms with Gasteiger partial charge < -0.3 is 64.6 Å². The van der Waals surface area contributed by atoms with Crippen molar-refractivity contribution in [1.82, 2.24) is 4.90 Å². The molecule has 278 valence electrons. The van der Waals surface area contributed by atoms with Crippen molar-refractivity contribution in [1.29, 1.82) is 0 Å². The minimum absolute atomic E-state index is 0.0822. The number of benzene rings is 1. The molecule has 2 aromatic heterocycles. The number of furan rings is 2. The minimum atomic E-state index is -1.93.